The number of aromatic nitrogens is 2. The van der Waals surface area contributed by atoms with Crippen LogP contribution >= 0.6 is 0 Å². The van der Waals surface area contributed by atoms with Crippen LogP contribution in [0.1, 0.15) is 25.0 Å². The van der Waals surface area contributed by atoms with Crippen LogP contribution in [0.2, 0.25) is 0 Å². The summed E-state index contributed by atoms with van der Waals surface area (Å²) in [4.78, 5) is 4.06. The van der Waals surface area contributed by atoms with Crippen molar-refractivity contribution in [3.05, 3.63) is 59.2 Å². The maximum atomic E-state index is 13.7. The first-order valence-electron chi connectivity index (χ1n) is 7.69. The molecule has 0 atom stereocenters. The molecule has 0 fully saturated rings. The summed E-state index contributed by atoms with van der Waals surface area (Å²) in [5.74, 6) is 3.76. The number of rotatable bonds is 2. The van der Waals surface area contributed by atoms with Gasteiger partial charge in [0.1, 0.15) is 11.6 Å². The average Bonchev–Trinajstić information content (AvgIpc) is 2.89. The molecule has 0 unspecified atom stereocenters. The van der Waals surface area contributed by atoms with Crippen LogP contribution in [0.4, 0.5) is 14.7 Å². The number of imidazole rings is 1. The van der Waals surface area contributed by atoms with Gasteiger partial charge in [-0.3, -0.25) is 0 Å². The molecule has 0 saturated carbocycles. The van der Waals surface area contributed by atoms with Crippen LogP contribution in [0, 0.1) is 23.5 Å². The van der Waals surface area contributed by atoms with Gasteiger partial charge in [0.2, 0.25) is 16.0 Å². The van der Waals surface area contributed by atoms with Crippen molar-refractivity contribution in [1.29, 1.82) is 0 Å². The zero-order valence-electron chi connectivity index (χ0n) is 14.0. The Kier molecular flexibility index (Phi) is 4.42. The minimum atomic E-state index is -3.71. The van der Waals surface area contributed by atoms with Gasteiger partial charge in [0, 0.05) is 11.6 Å². The summed E-state index contributed by atoms with van der Waals surface area (Å²) in [5.41, 5.74) is 6.96. The molecule has 2 N–H and O–H groups in total. The first kappa shape index (κ1) is 17.9. The molecular weight excluding hydrogens is 360 g/mol. The number of nitrogens with two attached hydrogens (primary N) is 1. The van der Waals surface area contributed by atoms with Crippen molar-refractivity contribution >= 4 is 27.0 Å². The first-order valence-corrected chi connectivity index (χ1v) is 9.20. The molecule has 1 heterocycles. The van der Waals surface area contributed by atoms with Crippen LogP contribution in [0.5, 0.6) is 0 Å². The quantitative estimate of drug-likeness (QED) is 0.699. The van der Waals surface area contributed by atoms with Crippen molar-refractivity contribution in [3.63, 3.8) is 0 Å². The molecule has 134 valence electrons. The van der Waals surface area contributed by atoms with Gasteiger partial charge in [0.25, 0.3) is 0 Å². The first-order chi connectivity index (χ1) is 12.2. The highest BCUT2D eigenvalue weighted by molar-refractivity contribution is 7.90. The summed E-state index contributed by atoms with van der Waals surface area (Å²) in [6.07, 6.45) is 0. The highest BCUT2D eigenvalue weighted by atomic mass is 32.2. The van der Waals surface area contributed by atoms with Gasteiger partial charge in [-0.2, -0.15) is 0 Å². The molecule has 2 aromatic carbocycles. The van der Waals surface area contributed by atoms with Crippen molar-refractivity contribution in [2.24, 2.45) is 0 Å². The van der Waals surface area contributed by atoms with Crippen LogP contribution < -0.4 is 5.73 Å². The maximum absolute atomic E-state index is 13.7. The predicted molar refractivity (Wildman–Crippen MR) is 95.9 cm³/mol. The van der Waals surface area contributed by atoms with Crippen molar-refractivity contribution in [2.45, 2.75) is 19.1 Å². The highest BCUT2D eigenvalue weighted by Crippen LogP contribution is 2.23. The second-order valence-corrected chi connectivity index (χ2v) is 8.24. The Bertz CT molecular complexity index is 1170. The van der Waals surface area contributed by atoms with Crippen molar-refractivity contribution < 1.29 is 17.2 Å². The topological polar surface area (TPSA) is 78.0 Å². The number of benzene rings is 2. The molecule has 0 spiro atoms. The molecule has 0 bridgehead atoms. The minimum absolute atomic E-state index is 0.0364. The molecule has 26 heavy (non-hydrogen) atoms. The smallest absolute Gasteiger partial charge is 0.244 e. The van der Waals surface area contributed by atoms with Crippen molar-refractivity contribution in [3.8, 4) is 11.8 Å². The van der Waals surface area contributed by atoms with Gasteiger partial charge < -0.3 is 5.73 Å². The summed E-state index contributed by atoms with van der Waals surface area (Å²) in [5, 5.41) is -0.690. The van der Waals surface area contributed by atoms with Crippen LogP contribution in [0.25, 0.3) is 11.0 Å². The molecule has 0 aliphatic rings. The second kappa shape index (κ2) is 6.42. The summed E-state index contributed by atoms with van der Waals surface area (Å²) in [6.45, 7) is 3.09. The lowest BCUT2D eigenvalue weighted by molar-refractivity contribution is 0.579. The number of anilines is 1. The molecule has 0 aliphatic carbocycles. The van der Waals surface area contributed by atoms with Crippen molar-refractivity contribution in [2.75, 3.05) is 5.73 Å². The van der Waals surface area contributed by atoms with Gasteiger partial charge in [-0.1, -0.05) is 11.8 Å². The van der Waals surface area contributed by atoms with E-state index in [2.05, 4.69) is 16.8 Å². The van der Waals surface area contributed by atoms with Crippen molar-refractivity contribution in [1.82, 2.24) is 8.96 Å². The van der Waals surface area contributed by atoms with E-state index in [1.807, 2.05) is 0 Å². The molecule has 0 saturated heterocycles. The lowest BCUT2D eigenvalue weighted by Crippen LogP contribution is -2.23. The third-order valence-electron chi connectivity index (χ3n) is 3.76. The number of nitrogen functional groups attached to an aromatic ring is 1. The molecule has 8 heteroatoms. The average molecular weight is 375 g/mol. The lowest BCUT2D eigenvalue weighted by atomic mass is 10.1. The number of halogens is 2. The lowest BCUT2D eigenvalue weighted by Gasteiger charge is -2.11. The summed E-state index contributed by atoms with van der Waals surface area (Å²) in [7, 11) is -3.71. The van der Waals surface area contributed by atoms with E-state index in [0.717, 1.165) is 16.1 Å². The molecule has 0 radical (unpaired) electrons. The van der Waals surface area contributed by atoms with Crippen LogP contribution in [0.3, 0.4) is 0 Å². The maximum Gasteiger partial charge on any atom is 0.244 e. The Labute approximate surface area is 149 Å². The Balaban J connectivity index is 2.12. The Morgan fingerprint density at radius 3 is 2.50 bits per heavy atom. The molecule has 5 nitrogen and oxygen atoms in total. The van der Waals surface area contributed by atoms with Gasteiger partial charge in [0.05, 0.1) is 21.8 Å². The minimum Gasteiger partial charge on any atom is -0.368 e. The van der Waals surface area contributed by atoms with Crippen LogP contribution in [-0.2, 0) is 10.0 Å². The highest BCUT2D eigenvalue weighted by Gasteiger charge is 2.24. The van der Waals surface area contributed by atoms with Gasteiger partial charge in [-0.15, -0.1) is 0 Å². The fourth-order valence-electron chi connectivity index (χ4n) is 2.36. The monoisotopic (exact) mass is 375 g/mol. The largest absolute Gasteiger partial charge is 0.368 e. The van der Waals surface area contributed by atoms with E-state index in [9.17, 15) is 17.2 Å². The molecule has 3 aromatic rings. The fraction of sp³-hybridized carbons (Fsp3) is 0.167. The van der Waals surface area contributed by atoms with Gasteiger partial charge in [-0.05, 0) is 44.2 Å². The summed E-state index contributed by atoms with van der Waals surface area (Å²) >= 11 is 0. The number of nitrogens with zero attached hydrogens (tertiary/aromatic N) is 2. The Morgan fingerprint density at radius 1 is 1.12 bits per heavy atom. The van der Waals surface area contributed by atoms with E-state index in [-0.39, 0.29) is 11.5 Å². The molecule has 0 aliphatic heterocycles. The van der Waals surface area contributed by atoms with Gasteiger partial charge in [-0.25, -0.2) is 26.2 Å². The third-order valence-corrected chi connectivity index (χ3v) is 5.84. The number of hydrogen-bond donors (Lipinski definition) is 1. The normalized spacial score (nSPS) is 11.6. The molecule has 0 amide bonds. The standard InChI is InChI=1S/C18H15F2N3O2S/c1-11(2)26(24,25)23-17-9-12(4-8-16(17)22-18(23)21)3-5-13-6-7-14(19)10-15(13)20/h4,6-11H,1-2H3,(H2,21,22). The Morgan fingerprint density at radius 2 is 1.85 bits per heavy atom. The van der Waals surface area contributed by atoms with Crippen LogP contribution in [-0.4, -0.2) is 22.6 Å². The number of hydrogen-bond acceptors (Lipinski definition) is 4. The Hall–Kier alpha value is -2.92. The van der Waals surface area contributed by atoms with E-state index in [1.54, 1.807) is 26.0 Å². The van der Waals surface area contributed by atoms with E-state index >= 15 is 0 Å². The predicted octanol–water partition coefficient (Wildman–Crippen LogP) is 2.88. The van der Waals surface area contributed by atoms with Gasteiger partial charge >= 0.3 is 0 Å². The van der Waals surface area contributed by atoms with Gasteiger partial charge in [0.15, 0.2) is 0 Å². The third kappa shape index (κ3) is 3.13. The zero-order chi connectivity index (χ0) is 19.1. The van der Waals surface area contributed by atoms with Crippen LogP contribution in [0.15, 0.2) is 36.4 Å². The van der Waals surface area contributed by atoms with E-state index in [0.29, 0.717) is 16.6 Å². The van der Waals surface area contributed by atoms with E-state index in [4.69, 9.17) is 5.73 Å². The zero-order valence-corrected chi connectivity index (χ0v) is 14.8. The molecule has 3 rings (SSSR count). The van der Waals surface area contributed by atoms with E-state index in [1.165, 1.54) is 12.1 Å². The number of fused-ring (bicyclic) bond motifs is 1. The fourth-order valence-corrected chi connectivity index (χ4v) is 3.50. The second-order valence-electron chi connectivity index (χ2n) is 5.91. The summed E-state index contributed by atoms with van der Waals surface area (Å²) < 4.78 is 52.6. The van der Waals surface area contributed by atoms with E-state index < -0.39 is 26.9 Å². The molecular formula is C18H15F2N3O2S. The SMILES string of the molecule is CC(C)S(=O)(=O)n1c(N)nc2ccc(C#Cc3ccc(F)cc3F)cc21. The summed E-state index contributed by atoms with van der Waals surface area (Å²) in [6, 6.07) is 7.83. The molecule has 1 aromatic heterocycles.